The van der Waals surface area contributed by atoms with E-state index in [1.54, 1.807) is 6.20 Å². The molecule has 0 atom stereocenters. The van der Waals surface area contributed by atoms with Crippen molar-refractivity contribution in [3.8, 4) is 0 Å². The molecule has 0 bridgehead atoms. The molecule has 3 N–H and O–H groups in total. The highest BCUT2D eigenvalue weighted by atomic mass is 79.9. The summed E-state index contributed by atoms with van der Waals surface area (Å²) in [5.74, 6) is 1.63. The number of nitrogens with one attached hydrogen (secondary N) is 3. The van der Waals surface area contributed by atoms with Crippen LogP contribution in [-0.4, -0.2) is 26.5 Å². The molecular formula is C22H21BrN6O. The first-order chi connectivity index (χ1) is 14.6. The Bertz CT molecular complexity index is 1190. The van der Waals surface area contributed by atoms with Gasteiger partial charge in [-0.3, -0.25) is 4.79 Å². The lowest BCUT2D eigenvalue weighted by molar-refractivity contribution is -0.118. The number of allylic oxidation sites excluding steroid dienone is 1. The van der Waals surface area contributed by atoms with E-state index in [1.165, 1.54) is 0 Å². The molecule has 1 aliphatic carbocycles. The Labute approximate surface area is 182 Å². The van der Waals surface area contributed by atoms with Gasteiger partial charge in [-0.2, -0.15) is 9.61 Å². The summed E-state index contributed by atoms with van der Waals surface area (Å²) >= 11 is 3.59. The number of aromatic nitrogens is 3. The van der Waals surface area contributed by atoms with Gasteiger partial charge in [0.25, 0.3) is 0 Å². The van der Waals surface area contributed by atoms with E-state index in [-0.39, 0.29) is 5.91 Å². The Morgan fingerprint density at radius 1 is 1.33 bits per heavy atom. The van der Waals surface area contributed by atoms with Crippen molar-refractivity contribution in [1.29, 1.82) is 0 Å². The van der Waals surface area contributed by atoms with E-state index >= 15 is 0 Å². The van der Waals surface area contributed by atoms with Gasteiger partial charge in [0, 0.05) is 34.4 Å². The molecule has 7 nitrogen and oxygen atoms in total. The maximum atomic E-state index is 11.7. The monoisotopic (exact) mass is 464 g/mol. The molecule has 30 heavy (non-hydrogen) atoms. The minimum absolute atomic E-state index is 0.0393. The molecule has 0 unspecified atom stereocenters. The van der Waals surface area contributed by atoms with Crippen LogP contribution in [-0.2, 0) is 11.3 Å². The van der Waals surface area contributed by atoms with Crippen LogP contribution < -0.4 is 16.0 Å². The summed E-state index contributed by atoms with van der Waals surface area (Å²) in [5.41, 5.74) is 4.23. The van der Waals surface area contributed by atoms with Gasteiger partial charge in [0.1, 0.15) is 11.6 Å². The van der Waals surface area contributed by atoms with Crippen molar-refractivity contribution in [1.82, 2.24) is 19.9 Å². The molecule has 1 saturated heterocycles. The molecule has 152 valence electrons. The zero-order valence-electron chi connectivity index (χ0n) is 16.3. The summed E-state index contributed by atoms with van der Waals surface area (Å²) in [5, 5.41) is 14.3. The van der Waals surface area contributed by atoms with E-state index in [4.69, 9.17) is 4.98 Å². The van der Waals surface area contributed by atoms with Crippen LogP contribution in [0.3, 0.4) is 0 Å². The number of hydrogen-bond donors (Lipinski definition) is 3. The molecule has 1 amide bonds. The van der Waals surface area contributed by atoms with Crippen molar-refractivity contribution < 1.29 is 4.79 Å². The Kier molecular flexibility index (Phi) is 4.78. The molecule has 2 fully saturated rings. The number of hydrogen-bond acceptors (Lipinski definition) is 5. The molecule has 8 heteroatoms. The Balaban J connectivity index is 1.51. The van der Waals surface area contributed by atoms with Crippen LogP contribution in [0.2, 0.25) is 0 Å². The van der Waals surface area contributed by atoms with Gasteiger partial charge in [-0.05, 0) is 36.1 Å². The smallest absolute Gasteiger partial charge is 0.228 e. The molecule has 2 aliphatic rings. The van der Waals surface area contributed by atoms with Crippen LogP contribution in [0.15, 0.2) is 58.9 Å². The van der Waals surface area contributed by atoms with Crippen LogP contribution >= 0.6 is 15.9 Å². The summed E-state index contributed by atoms with van der Waals surface area (Å²) in [6.07, 6.45) is 6.36. The lowest BCUT2D eigenvalue weighted by Gasteiger charge is -2.12. The van der Waals surface area contributed by atoms with Gasteiger partial charge < -0.3 is 16.0 Å². The first-order valence-electron chi connectivity index (χ1n) is 9.89. The first-order valence-corrected chi connectivity index (χ1v) is 10.7. The van der Waals surface area contributed by atoms with Gasteiger partial charge in [-0.25, -0.2) is 4.98 Å². The van der Waals surface area contributed by atoms with Gasteiger partial charge >= 0.3 is 0 Å². The van der Waals surface area contributed by atoms with E-state index in [0.29, 0.717) is 24.7 Å². The second kappa shape index (κ2) is 7.60. The molecule has 0 spiro atoms. The third-order valence-electron chi connectivity index (χ3n) is 5.20. The Morgan fingerprint density at radius 3 is 2.90 bits per heavy atom. The summed E-state index contributed by atoms with van der Waals surface area (Å²) in [6.45, 7) is 4.57. The number of anilines is 2. The third-order valence-corrected chi connectivity index (χ3v) is 5.98. The minimum Gasteiger partial charge on any atom is -0.367 e. The van der Waals surface area contributed by atoms with Crippen molar-refractivity contribution in [3.05, 3.63) is 70.0 Å². The van der Waals surface area contributed by atoms with Crippen molar-refractivity contribution in [2.24, 2.45) is 0 Å². The predicted molar refractivity (Wildman–Crippen MR) is 121 cm³/mol. The standard InChI is InChI=1S/C22H21BrN6O/c1-13-15(9-21(30)26-13)8-16-12-25-29-20(27-17-6-7-17)10-19(28-22(16)29)24-11-14-4-2-3-5-18(14)23/h2-5,8,10,12,17,27H,1,6-7,9,11H2,(H,24,28)(H,26,30)/b15-8+. The highest BCUT2D eigenvalue weighted by Gasteiger charge is 2.24. The minimum atomic E-state index is -0.0393. The number of carbonyl (C=O) groups excluding carboxylic acids is 1. The number of amides is 1. The molecule has 2 aromatic heterocycles. The van der Waals surface area contributed by atoms with Crippen LogP contribution in [0.1, 0.15) is 30.4 Å². The topological polar surface area (TPSA) is 83.4 Å². The largest absolute Gasteiger partial charge is 0.367 e. The van der Waals surface area contributed by atoms with Crippen LogP contribution in [0.4, 0.5) is 11.6 Å². The molecular weight excluding hydrogens is 444 g/mol. The number of fused-ring (bicyclic) bond motifs is 1. The number of rotatable bonds is 6. The van der Waals surface area contributed by atoms with E-state index in [0.717, 1.165) is 51.3 Å². The third kappa shape index (κ3) is 3.82. The van der Waals surface area contributed by atoms with Crippen molar-refractivity contribution in [2.45, 2.75) is 31.8 Å². The summed E-state index contributed by atoms with van der Waals surface area (Å²) in [6, 6.07) is 10.6. The predicted octanol–water partition coefficient (Wildman–Crippen LogP) is 4.10. The maximum Gasteiger partial charge on any atom is 0.228 e. The molecule has 3 heterocycles. The van der Waals surface area contributed by atoms with Crippen molar-refractivity contribution in [3.63, 3.8) is 0 Å². The molecule has 3 aromatic rings. The fourth-order valence-corrected chi connectivity index (χ4v) is 3.86. The van der Waals surface area contributed by atoms with E-state index < -0.39 is 0 Å². The second-order valence-corrected chi connectivity index (χ2v) is 8.45. The second-order valence-electron chi connectivity index (χ2n) is 7.60. The molecule has 5 rings (SSSR count). The lowest BCUT2D eigenvalue weighted by Crippen LogP contribution is -2.10. The Morgan fingerprint density at radius 2 is 2.17 bits per heavy atom. The normalized spacial score (nSPS) is 17.6. The number of halogens is 1. The number of nitrogens with zero attached hydrogens (tertiary/aromatic N) is 3. The van der Waals surface area contributed by atoms with Gasteiger partial charge in [0.15, 0.2) is 5.65 Å². The fourth-order valence-electron chi connectivity index (χ4n) is 3.44. The van der Waals surface area contributed by atoms with Gasteiger partial charge in [0.05, 0.1) is 12.6 Å². The molecule has 1 aliphatic heterocycles. The molecule has 1 aromatic carbocycles. The zero-order chi connectivity index (χ0) is 20.7. The quantitative estimate of drug-likeness (QED) is 0.511. The highest BCUT2D eigenvalue weighted by Crippen LogP contribution is 2.29. The molecule has 1 saturated carbocycles. The summed E-state index contributed by atoms with van der Waals surface area (Å²) < 4.78 is 2.88. The van der Waals surface area contributed by atoms with Crippen LogP contribution in [0.5, 0.6) is 0 Å². The zero-order valence-corrected chi connectivity index (χ0v) is 17.9. The average Bonchev–Trinajstić information content (AvgIpc) is 3.36. The van der Waals surface area contributed by atoms with Gasteiger partial charge in [0.2, 0.25) is 5.91 Å². The van der Waals surface area contributed by atoms with Crippen LogP contribution in [0.25, 0.3) is 11.7 Å². The van der Waals surface area contributed by atoms with Crippen LogP contribution in [0, 0.1) is 0 Å². The number of benzene rings is 1. The first kappa shape index (κ1) is 18.9. The SMILES string of the molecule is C=C1NC(=O)C/C1=C\c1cnn2c(NC3CC3)cc(NCc3ccccc3Br)nc12. The van der Waals surface area contributed by atoms with E-state index in [9.17, 15) is 4.79 Å². The summed E-state index contributed by atoms with van der Waals surface area (Å²) in [7, 11) is 0. The van der Waals surface area contributed by atoms with E-state index in [2.05, 4.69) is 49.6 Å². The summed E-state index contributed by atoms with van der Waals surface area (Å²) in [4.78, 5) is 16.5. The lowest BCUT2D eigenvalue weighted by atomic mass is 10.1. The van der Waals surface area contributed by atoms with Crippen molar-refractivity contribution >= 4 is 45.2 Å². The van der Waals surface area contributed by atoms with Crippen molar-refractivity contribution in [2.75, 3.05) is 10.6 Å². The highest BCUT2D eigenvalue weighted by molar-refractivity contribution is 9.10. The number of carbonyl (C=O) groups is 1. The molecule has 0 radical (unpaired) electrons. The average molecular weight is 465 g/mol. The van der Waals surface area contributed by atoms with Gasteiger partial charge in [-0.1, -0.05) is 40.7 Å². The van der Waals surface area contributed by atoms with E-state index in [1.807, 2.05) is 34.9 Å². The Hall–Kier alpha value is -3.13. The maximum absolute atomic E-state index is 11.7. The fraction of sp³-hybridized carbons (Fsp3) is 0.227. The van der Waals surface area contributed by atoms with Gasteiger partial charge in [-0.15, -0.1) is 0 Å².